The Morgan fingerprint density at radius 1 is 1.73 bits per heavy atom. The van der Waals surface area contributed by atoms with Gasteiger partial charge in [-0.2, -0.15) is 0 Å². The van der Waals surface area contributed by atoms with Gasteiger partial charge >= 0.3 is 0 Å². The van der Waals surface area contributed by atoms with Crippen molar-refractivity contribution in [3.8, 4) is 0 Å². The summed E-state index contributed by atoms with van der Waals surface area (Å²) in [6.45, 7) is 1.54. The van der Waals surface area contributed by atoms with Gasteiger partial charge in [-0.15, -0.1) is 0 Å². The monoisotopic (exact) mass is 208 g/mol. The molecule has 1 fully saturated rings. The van der Waals surface area contributed by atoms with E-state index in [1.54, 1.807) is 12.5 Å². The summed E-state index contributed by atoms with van der Waals surface area (Å²) < 4.78 is 1.96. The molecule has 5 heteroatoms. The lowest BCUT2D eigenvalue weighted by Gasteiger charge is -2.24. The summed E-state index contributed by atoms with van der Waals surface area (Å²) in [7, 11) is 1.89. The third kappa shape index (κ3) is 2.02. The first-order valence-corrected chi connectivity index (χ1v) is 5.26. The topological polar surface area (TPSA) is 59.0 Å². The number of carbonyl (C=O) groups excluding carboxylic acids is 1. The zero-order valence-electron chi connectivity index (χ0n) is 8.86. The van der Waals surface area contributed by atoms with Gasteiger partial charge in [-0.1, -0.05) is 0 Å². The van der Waals surface area contributed by atoms with Crippen LogP contribution < -0.4 is 10.6 Å². The maximum Gasteiger partial charge on any atom is 0.243 e. The van der Waals surface area contributed by atoms with Crippen LogP contribution in [0.3, 0.4) is 0 Å². The van der Waals surface area contributed by atoms with E-state index in [-0.39, 0.29) is 11.9 Å². The second-order valence-electron chi connectivity index (χ2n) is 3.77. The number of hydrogen-bond acceptors (Lipinski definition) is 3. The highest BCUT2D eigenvalue weighted by atomic mass is 16.2. The molecular weight excluding hydrogens is 192 g/mol. The summed E-state index contributed by atoms with van der Waals surface area (Å²) in [6, 6.07) is -0.0791. The van der Waals surface area contributed by atoms with Crippen LogP contribution in [0.15, 0.2) is 12.5 Å². The van der Waals surface area contributed by atoms with E-state index in [1.807, 2.05) is 11.6 Å². The van der Waals surface area contributed by atoms with E-state index in [4.69, 9.17) is 0 Å². The summed E-state index contributed by atoms with van der Waals surface area (Å²) >= 11 is 0. The molecule has 2 heterocycles. The smallest absolute Gasteiger partial charge is 0.243 e. The molecule has 5 nitrogen and oxygen atoms in total. The van der Waals surface area contributed by atoms with Gasteiger partial charge in [0.2, 0.25) is 5.91 Å². The molecular formula is C10H16N4O. The van der Waals surface area contributed by atoms with Crippen molar-refractivity contribution in [2.24, 2.45) is 0 Å². The average molecular weight is 208 g/mol. The number of rotatable bonds is 3. The van der Waals surface area contributed by atoms with Crippen molar-refractivity contribution in [3.63, 3.8) is 0 Å². The number of piperidine rings is 1. The van der Waals surface area contributed by atoms with Crippen molar-refractivity contribution < 1.29 is 4.79 Å². The standard InChI is InChI=1S/C10H16N4O/c1-11-5-8-6-12-7-14(8)9-3-2-4-13-10(9)15/h6-7,9,11H,2-5H2,1H3,(H,13,15). The third-order valence-electron chi connectivity index (χ3n) is 2.70. The van der Waals surface area contributed by atoms with Gasteiger partial charge in [0.1, 0.15) is 6.04 Å². The molecule has 1 aromatic heterocycles. The zero-order chi connectivity index (χ0) is 10.7. The first kappa shape index (κ1) is 10.2. The van der Waals surface area contributed by atoms with E-state index in [2.05, 4.69) is 15.6 Å². The van der Waals surface area contributed by atoms with Gasteiger partial charge in [0.25, 0.3) is 0 Å². The van der Waals surface area contributed by atoms with E-state index in [0.29, 0.717) is 0 Å². The van der Waals surface area contributed by atoms with E-state index < -0.39 is 0 Å². The Balaban J connectivity index is 2.19. The molecule has 1 unspecified atom stereocenters. The molecule has 15 heavy (non-hydrogen) atoms. The Morgan fingerprint density at radius 2 is 2.60 bits per heavy atom. The van der Waals surface area contributed by atoms with Crippen LogP contribution in [0.4, 0.5) is 0 Å². The van der Waals surface area contributed by atoms with Crippen LogP contribution >= 0.6 is 0 Å². The molecule has 0 bridgehead atoms. The maximum absolute atomic E-state index is 11.7. The second kappa shape index (κ2) is 4.44. The summed E-state index contributed by atoms with van der Waals surface area (Å²) in [6.07, 6.45) is 5.48. The Morgan fingerprint density at radius 3 is 3.33 bits per heavy atom. The Bertz CT molecular complexity index is 347. The lowest BCUT2D eigenvalue weighted by Crippen LogP contribution is -2.38. The van der Waals surface area contributed by atoms with Crippen LogP contribution in [-0.4, -0.2) is 29.1 Å². The molecule has 0 spiro atoms. The molecule has 1 aliphatic heterocycles. The lowest BCUT2D eigenvalue weighted by atomic mass is 10.1. The average Bonchev–Trinajstić information content (AvgIpc) is 2.67. The van der Waals surface area contributed by atoms with Crippen molar-refractivity contribution in [3.05, 3.63) is 18.2 Å². The highest BCUT2D eigenvalue weighted by Gasteiger charge is 2.24. The van der Waals surface area contributed by atoms with Crippen molar-refractivity contribution in [2.75, 3.05) is 13.6 Å². The zero-order valence-corrected chi connectivity index (χ0v) is 8.86. The minimum Gasteiger partial charge on any atom is -0.354 e. The van der Waals surface area contributed by atoms with Gasteiger partial charge in [-0.3, -0.25) is 4.79 Å². The fraction of sp³-hybridized carbons (Fsp3) is 0.600. The fourth-order valence-electron chi connectivity index (χ4n) is 1.95. The van der Waals surface area contributed by atoms with Gasteiger partial charge < -0.3 is 15.2 Å². The fourth-order valence-corrected chi connectivity index (χ4v) is 1.95. The van der Waals surface area contributed by atoms with Crippen molar-refractivity contribution in [1.82, 2.24) is 20.2 Å². The van der Waals surface area contributed by atoms with Crippen LogP contribution in [0.5, 0.6) is 0 Å². The molecule has 0 radical (unpaired) electrons. The molecule has 1 aromatic rings. The molecule has 1 saturated heterocycles. The SMILES string of the molecule is CNCc1cncn1C1CCCNC1=O. The molecule has 2 N–H and O–H groups in total. The number of aromatic nitrogens is 2. The first-order chi connectivity index (χ1) is 7.33. The van der Waals surface area contributed by atoms with Crippen LogP contribution in [0.1, 0.15) is 24.6 Å². The number of amides is 1. The van der Waals surface area contributed by atoms with Crippen molar-refractivity contribution in [1.29, 1.82) is 0 Å². The van der Waals surface area contributed by atoms with E-state index >= 15 is 0 Å². The maximum atomic E-state index is 11.7. The Labute approximate surface area is 88.9 Å². The lowest BCUT2D eigenvalue weighted by molar-refractivity contribution is -0.125. The normalized spacial score (nSPS) is 21.4. The van der Waals surface area contributed by atoms with Crippen LogP contribution in [0.25, 0.3) is 0 Å². The predicted octanol–water partition coefficient (Wildman–Crippen LogP) is 0.0536. The summed E-state index contributed by atoms with van der Waals surface area (Å²) in [5, 5.41) is 5.95. The molecule has 2 rings (SSSR count). The summed E-state index contributed by atoms with van der Waals surface area (Å²) in [5.74, 6) is 0.108. The number of hydrogen-bond donors (Lipinski definition) is 2. The Hall–Kier alpha value is -1.36. The summed E-state index contributed by atoms with van der Waals surface area (Å²) in [4.78, 5) is 15.8. The number of imidazole rings is 1. The van der Waals surface area contributed by atoms with E-state index in [1.165, 1.54) is 0 Å². The number of carbonyl (C=O) groups is 1. The molecule has 0 aliphatic carbocycles. The summed E-state index contributed by atoms with van der Waals surface area (Å²) in [5.41, 5.74) is 1.06. The van der Waals surface area contributed by atoms with Crippen molar-refractivity contribution in [2.45, 2.75) is 25.4 Å². The first-order valence-electron chi connectivity index (χ1n) is 5.26. The molecule has 0 saturated carbocycles. The minimum atomic E-state index is -0.0791. The van der Waals surface area contributed by atoms with Crippen LogP contribution in [0, 0.1) is 0 Å². The minimum absolute atomic E-state index is 0.0791. The highest BCUT2D eigenvalue weighted by molar-refractivity contribution is 5.81. The van der Waals surface area contributed by atoms with Crippen LogP contribution in [-0.2, 0) is 11.3 Å². The largest absolute Gasteiger partial charge is 0.354 e. The van der Waals surface area contributed by atoms with Gasteiger partial charge in [0.05, 0.1) is 12.0 Å². The molecule has 1 aliphatic rings. The molecule has 1 atom stereocenters. The van der Waals surface area contributed by atoms with Gasteiger partial charge in [0.15, 0.2) is 0 Å². The highest BCUT2D eigenvalue weighted by Crippen LogP contribution is 2.19. The van der Waals surface area contributed by atoms with Gasteiger partial charge in [0, 0.05) is 19.3 Å². The third-order valence-corrected chi connectivity index (χ3v) is 2.70. The molecule has 82 valence electrons. The van der Waals surface area contributed by atoms with E-state index in [0.717, 1.165) is 31.6 Å². The van der Waals surface area contributed by atoms with Gasteiger partial charge in [-0.05, 0) is 19.9 Å². The second-order valence-corrected chi connectivity index (χ2v) is 3.77. The quantitative estimate of drug-likeness (QED) is 0.738. The molecule has 0 aromatic carbocycles. The molecule has 1 amide bonds. The number of nitrogens with zero attached hydrogens (tertiary/aromatic N) is 2. The van der Waals surface area contributed by atoms with Crippen LogP contribution in [0.2, 0.25) is 0 Å². The number of nitrogens with one attached hydrogen (secondary N) is 2. The van der Waals surface area contributed by atoms with E-state index in [9.17, 15) is 4.79 Å². The van der Waals surface area contributed by atoms with Crippen molar-refractivity contribution >= 4 is 5.91 Å². The Kier molecular flexibility index (Phi) is 3.01. The predicted molar refractivity (Wildman–Crippen MR) is 56.3 cm³/mol. The van der Waals surface area contributed by atoms with Gasteiger partial charge in [-0.25, -0.2) is 4.98 Å².